The lowest BCUT2D eigenvalue weighted by Crippen LogP contribution is -2.44. The maximum absolute atomic E-state index is 6.50. The van der Waals surface area contributed by atoms with Gasteiger partial charge in [-0.2, -0.15) is 0 Å². The molecule has 2 saturated carbocycles. The maximum atomic E-state index is 6.50. The summed E-state index contributed by atoms with van der Waals surface area (Å²) in [5.41, 5.74) is 0. The minimum Gasteiger partial charge on any atom is -0.396 e. The molecule has 0 atom stereocenters. The topological polar surface area (TPSA) is 18.5 Å². The third-order valence-electron chi connectivity index (χ3n) is 6.12. The summed E-state index contributed by atoms with van der Waals surface area (Å²) in [5.74, 6) is 0.883. The molecule has 0 aromatic rings. The van der Waals surface area contributed by atoms with E-state index in [1.165, 1.54) is 77.0 Å². The van der Waals surface area contributed by atoms with Crippen LogP contribution in [0.3, 0.4) is 0 Å². The summed E-state index contributed by atoms with van der Waals surface area (Å²) >= 11 is 0. The van der Waals surface area contributed by atoms with Gasteiger partial charge in [-0.3, -0.25) is 0 Å². The molecule has 0 bridgehead atoms. The number of rotatable bonds is 8. The first-order chi connectivity index (χ1) is 11.3. The third kappa shape index (κ3) is 5.57. The molecule has 136 valence electrons. The lowest BCUT2D eigenvalue weighted by Gasteiger charge is -2.44. The molecule has 0 saturated heterocycles. The first-order valence-electron chi connectivity index (χ1n) is 10.6. The van der Waals surface area contributed by atoms with Gasteiger partial charge in [0.1, 0.15) is 0 Å². The molecule has 0 heterocycles. The molecule has 23 heavy (non-hydrogen) atoms. The Hall–Kier alpha value is 0.137. The van der Waals surface area contributed by atoms with Gasteiger partial charge in [0.05, 0.1) is 0 Å². The minimum absolute atomic E-state index is 0.436. The van der Waals surface area contributed by atoms with Gasteiger partial charge in [-0.15, -0.1) is 0 Å². The molecule has 2 rings (SSSR count). The largest absolute Gasteiger partial charge is 0.396 e. The molecular weight excluding hydrogens is 300 g/mol. The Morgan fingerprint density at radius 3 is 1.70 bits per heavy atom. The summed E-state index contributed by atoms with van der Waals surface area (Å²) in [6, 6.07) is 0. The second-order valence-electron chi connectivity index (χ2n) is 7.91. The fourth-order valence-electron chi connectivity index (χ4n) is 4.91. The molecule has 2 nitrogen and oxygen atoms in total. The van der Waals surface area contributed by atoms with E-state index in [1.54, 1.807) is 0 Å². The fraction of sp³-hybridized carbons (Fsp3) is 1.00. The molecule has 2 aliphatic rings. The van der Waals surface area contributed by atoms with Gasteiger partial charge in [0.25, 0.3) is 0 Å². The highest BCUT2D eigenvalue weighted by Crippen LogP contribution is 2.55. The second-order valence-corrected chi connectivity index (χ2v) is 10.4. The van der Waals surface area contributed by atoms with E-state index in [1.807, 2.05) is 0 Å². The molecular formula is C20H40O2Si. The van der Waals surface area contributed by atoms with Gasteiger partial charge in [-0.1, -0.05) is 78.1 Å². The van der Waals surface area contributed by atoms with Crippen LogP contribution in [0.2, 0.25) is 5.04 Å². The van der Waals surface area contributed by atoms with Crippen LogP contribution in [-0.2, 0) is 8.85 Å². The van der Waals surface area contributed by atoms with Gasteiger partial charge < -0.3 is 8.85 Å². The van der Waals surface area contributed by atoms with Crippen LogP contribution in [0.25, 0.3) is 0 Å². The zero-order valence-corrected chi connectivity index (χ0v) is 16.9. The van der Waals surface area contributed by atoms with Crippen molar-refractivity contribution in [2.24, 2.45) is 5.92 Å². The third-order valence-corrected chi connectivity index (χ3v) is 9.18. The van der Waals surface area contributed by atoms with Crippen molar-refractivity contribution in [2.45, 2.75) is 109 Å². The van der Waals surface area contributed by atoms with Crippen LogP contribution in [0.1, 0.15) is 104 Å². The molecule has 0 unspecified atom stereocenters. The molecule has 2 fully saturated rings. The van der Waals surface area contributed by atoms with E-state index >= 15 is 0 Å². The average molecular weight is 341 g/mol. The van der Waals surface area contributed by atoms with Crippen LogP contribution in [-0.4, -0.2) is 22.5 Å². The molecule has 0 aliphatic heterocycles. The van der Waals surface area contributed by atoms with Gasteiger partial charge >= 0.3 is 9.28 Å². The van der Waals surface area contributed by atoms with Crippen molar-refractivity contribution < 1.29 is 8.85 Å². The molecule has 0 amide bonds. The van der Waals surface area contributed by atoms with Crippen molar-refractivity contribution in [3.05, 3.63) is 0 Å². The Kier molecular flexibility index (Phi) is 9.21. The van der Waals surface area contributed by atoms with Crippen LogP contribution in [0.5, 0.6) is 0 Å². The quantitative estimate of drug-likeness (QED) is 0.391. The molecule has 0 spiro atoms. The summed E-state index contributed by atoms with van der Waals surface area (Å²) in [6.45, 7) is 6.29. The van der Waals surface area contributed by atoms with Crippen LogP contribution in [0.4, 0.5) is 0 Å². The van der Waals surface area contributed by atoms with Crippen LogP contribution < -0.4 is 0 Å². The van der Waals surface area contributed by atoms with Gasteiger partial charge in [0.15, 0.2) is 0 Å². The lowest BCUT2D eigenvalue weighted by atomic mass is 9.80. The van der Waals surface area contributed by atoms with Gasteiger partial charge in [-0.05, 0) is 31.6 Å². The minimum atomic E-state index is -1.61. The standard InChI is InChI=1S/C20H40O2Si/c1-3-17-21-23(22-18-4-2)20(15-11-7-8-12-16-20)19-13-9-5-6-10-14-19/h19,23H,3-18H2,1-2H3. The first-order valence-corrected chi connectivity index (χ1v) is 12.1. The van der Waals surface area contributed by atoms with Crippen molar-refractivity contribution in [1.82, 2.24) is 0 Å². The average Bonchev–Trinajstić information content (AvgIpc) is 2.98. The summed E-state index contributed by atoms with van der Waals surface area (Å²) in [4.78, 5) is 0. The highest BCUT2D eigenvalue weighted by atomic mass is 28.3. The Bertz CT molecular complexity index is 284. The van der Waals surface area contributed by atoms with Crippen molar-refractivity contribution >= 4 is 9.28 Å². The van der Waals surface area contributed by atoms with E-state index in [9.17, 15) is 0 Å². The van der Waals surface area contributed by atoms with Crippen molar-refractivity contribution in [1.29, 1.82) is 0 Å². The zero-order chi connectivity index (χ0) is 16.4. The second kappa shape index (κ2) is 10.9. The molecule has 0 aromatic carbocycles. The van der Waals surface area contributed by atoms with Crippen molar-refractivity contribution in [3.8, 4) is 0 Å². The van der Waals surface area contributed by atoms with Gasteiger partial charge in [-0.25, -0.2) is 0 Å². The van der Waals surface area contributed by atoms with E-state index in [2.05, 4.69) is 13.8 Å². The summed E-state index contributed by atoms with van der Waals surface area (Å²) in [6.07, 6.45) is 19.4. The van der Waals surface area contributed by atoms with E-state index in [-0.39, 0.29) is 0 Å². The van der Waals surface area contributed by atoms with Crippen LogP contribution in [0.15, 0.2) is 0 Å². The summed E-state index contributed by atoms with van der Waals surface area (Å²) in [5, 5.41) is 0.436. The normalized spacial score (nSPS) is 23.6. The Morgan fingerprint density at radius 2 is 1.22 bits per heavy atom. The predicted molar refractivity (Wildman–Crippen MR) is 101 cm³/mol. The van der Waals surface area contributed by atoms with E-state index in [4.69, 9.17) is 8.85 Å². The molecule has 3 heteroatoms. The van der Waals surface area contributed by atoms with Crippen molar-refractivity contribution in [3.63, 3.8) is 0 Å². The number of hydrogen-bond donors (Lipinski definition) is 0. The lowest BCUT2D eigenvalue weighted by molar-refractivity contribution is 0.134. The van der Waals surface area contributed by atoms with Gasteiger partial charge in [0.2, 0.25) is 0 Å². The highest BCUT2D eigenvalue weighted by molar-refractivity contribution is 6.48. The summed E-state index contributed by atoms with van der Waals surface area (Å²) < 4.78 is 13.0. The first kappa shape index (κ1) is 19.5. The Labute approximate surface area is 146 Å². The monoisotopic (exact) mass is 340 g/mol. The smallest absolute Gasteiger partial charge is 0.328 e. The van der Waals surface area contributed by atoms with Crippen LogP contribution in [0, 0.1) is 5.92 Å². The van der Waals surface area contributed by atoms with E-state index in [0.717, 1.165) is 32.0 Å². The predicted octanol–water partition coefficient (Wildman–Crippen LogP) is 6.13. The molecule has 2 aliphatic carbocycles. The van der Waals surface area contributed by atoms with E-state index in [0.29, 0.717) is 5.04 Å². The number of hydrogen-bond acceptors (Lipinski definition) is 2. The molecule has 0 aromatic heterocycles. The highest BCUT2D eigenvalue weighted by Gasteiger charge is 2.48. The van der Waals surface area contributed by atoms with Gasteiger partial charge in [0, 0.05) is 18.3 Å². The van der Waals surface area contributed by atoms with Crippen molar-refractivity contribution in [2.75, 3.05) is 13.2 Å². The molecule has 0 radical (unpaired) electrons. The fourth-order valence-corrected chi connectivity index (χ4v) is 8.16. The summed E-state index contributed by atoms with van der Waals surface area (Å²) in [7, 11) is -1.61. The van der Waals surface area contributed by atoms with E-state index < -0.39 is 9.28 Å². The SMILES string of the molecule is CCCO[SiH](OCCC)C1(C2CCCCCC2)CCCCCC1. The van der Waals surface area contributed by atoms with Crippen LogP contribution >= 0.6 is 0 Å². The Balaban J connectivity index is 2.19. The zero-order valence-electron chi connectivity index (χ0n) is 15.8. The molecule has 0 N–H and O–H groups in total. The Morgan fingerprint density at radius 1 is 0.739 bits per heavy atom. The maximum Gasteiger partial charge on any atom is 0.328 e.